The molecular weight excluding hydrogens is 232 g/mol. The monoisotopic (exact) mass is 242 g/mol. The lowest BCUT2D eigenvalue weighted by atomic mass is 10.1. The molecule has 1 aromatic carbocycles. The van der Waals surface area contributed by atoms with Crippen LogP contribution in [-0.4, -0.2) is 25.3 Å². The van der Waals surface area contributed by atoms with E-state index in [0.29, 0.717) is 28.8 Å². The molecule has 3 N–H and O–H groups in total. The molecule has 0 saturated carbocycles. The smallest absolute Gasteiger partial charge is 0.260 e. The van der Waals surface area contributed by atoms with Gasteiger partial charge in [0.05, 0.1) is 5.56 Å². The quantitative estimate of drug-likeness (QED) is 0.658. The Labute approximate surface area is 102 Å². The highest BCUT2D eigenvalue weighted by Crippen LogP contribution is 2.26. The SMILES string of the molecule is Cc1ccc(N)c(-c2nc(-c3ncn[nH]3)no2)c1. The molecule has 0 amide bonds. The summed E-state index contributed by atoms with van der Waals surface area (Å²) in [5.74, 6) is 1.17. The van der Waals surface area contributed by atoms with Gasteiger partial charge in [0.15, 0.2) is 5.82 Å². The van der Waals surface area contributed by atoms with E-state index in [9.17, 15) is 0 Å². The van der Waals surface area contributed by atoms with E-state index < -0.39 is 0 Å². The van der Waals surface area contributed by atoms with Gasteiger partial charge < -0.3 is 10.3 Å². The molecule has 2 aromatic heterocycles. The largest absolute Gasteiger partial charge is 0.398 e. The molecule has 0 aliphatic heterocycles. The molecule has 0 aliphatic rings. The summed E-state index contributed by atoms with van der Waals surface area (Å²) in [7, 11) is 0. The van der Waals surface area contributed by atoms with Crippen molar-refractivity contribution in [1.82, 2.24) is 25.3 Å². The van der Waals surface area contributed by atoms with Crippen molar-refractivity contribution in [3.05, 3.63) is 30.1 Å². The Hall–Kier alpha value is -2.70. The predicted molar refractivity (Wildman–Crippen MR) is 64.3 cm³/mol. The van der Waals surface area contributed by atoms with Gasteiger partial charge in [0, 0.05) is 5.69 Å². The highest BCUT2D eigenvalue weighted by Gasteiger charge is 2.14. The molecule has 0 atom stereocenters. The molecule has 0 unspecified atom stereocenters. The van der Waals surface area contributed by atoms with Gasteiger partial charge in [0.1, 0.15) is 6.33 Å². The summed E-state index contributed by atoms with van der Waals surface area (Å²) in [6, 6.07) is 5.63. The first kappa shape index (κ1) is 10.5. The van der Waals surface area contributed by atoms with E-state index in [2.05, 4.69) is 25.3 Å². The minimum absolute atomic E-state index is 0.350. The lowest BCUT2D eigenvalue weighted by Gasteiger charge is -2.01. The van der Waals surface area contributed by atoms with Crippen molar-refractivity contribution in [2.24, 2.45) is 0 Å². The van der Waals surface area contributed by atoms with Crippen molar-refractivity contribution in [1.29, 1.82) is 0 Å². The van der Waals surface area contributed by atoms with Gasteiger partial charge in [-0.05, 0) is 19.1 Å². The fraction of sp³-hybridized carbons (Fsp3) is 0.0909. The number of aromatic nitrogens is 5. The molecular formula is C11H10N6O. The summed E-state index contributed by atoms with van der Waals surface area (Å²) in [6.07, 6.45) is 1.38. The third kappa shape index (κ3) is 1.71. The molecule has 0 radical (unpaired) electrons. The number of hydrogen-bond donors (Lipinski definition) is 2. The fourth-order valence-electron chi connectivity index (χ4n) is 1.60. The fourth-order valence-corrected chi connectivity index (χ4v) is 1.60. The zero-order valence-electron chi connectivity index (χ0n) is 9.58. The van der Waals surface area contributed by atoms with Crippen LogP contribution in [0.3, 0.4) is 0 Å². The summed E-state index contributed by atoms with van der Waals surface area (Å²) >= 11 is 0. The number of nitrogens with one attached hydrogen (secondary N) is 1. The summed E-state index contributed by atoms with van der Waals surface area (Å²) in [5, 5.41) is 10.2. The van der Waals surface area contributed by atoms with Crippen LogP contribution in [0.4, 0.5) is 5.69 Å². The van der Waals surface area contributed by atoms with E-state index in [-0.39, 0.29) is 0 Å². The Morgan fingerprint density at radius 1 is 1.33 bits per heavy atom. The van der Waals surface area contributed by atoms with Crippen LogP contribution in [0.1, 0.15) is 5.56 Å². The van der Waals surface area contributed by atoms with E-state index in [0.717, 1.165) is 5.56 Å². The Morgan fingerprint density at radius 3 is 3.00 bits per heavy atom. The number of hydrogen-bond acceptors (Lipinski definition) is 6. The second-order valence-corrected chi connectivity index (χ2v) is 3.85. The Kier molecular flexibility index (Phi) is 2.30. The minimum atomic E-state index is 0.350. The number of rotatable bonds is 2. The number of aryl methyl sites for hydroxylation is 1. The first-order valence-corrected chi connectivity index (χ1v) is 5.30. The van der Waals surface area contributed by atoms with Gasteiger partial charge in [0.2, 0.25) is 5.82 Å². The zero-order chi connectivity index (χ0) is 12.5. The van der Waals surface area contributed by atoms with E-state index in [1.54, 1.807) is 0 Å². The molecule has 3 aromatic rings. The first-order valence-electron chi connectivity index (χ1n) is 5.30. The van der Waals surface area contributed by atoms with Crippen LogP contribution in [0.15, 0.2) is 29.0 Å². The molecule has 2 heterocycles. The predicted octanol–water partition coefficient (Wildman–Crippen LogP) is 1.41. The Morgan fingerprint density at radius 2 is 2.22 bits per heavy atom. The Balaban J connectivity index is 2.05. The molecule has 0 spiro atoms. The molecule has 7 nitrogen and oxygen atoms in total. The van der Waals surface area contributed by atoms with Crippen LogP contribution in [0.25, 0.3) is 23.1 Å². The lowest BCUT2D eigenvalue weighted by molar-refractivity contribution is 0.432. The van der Waals surface area contributed by atoms with Crippen molar-refractivity contribution < 1.29 is 4.52 Å². The van der Waals surface area contributed by atoms with Gasteiger partial charge in [-0.3, -0.25) is 5.10 Å². The van der Waals surface area contributed by atoms with Crippen molar-refractivity contribution in [2.75, 3.05) is 5.73 Å². The van der Waals surface area contributed by atoms with E-state index in [1.807, 2.05) is 25.1 Å². The summed E-state index contributed by atoms with van der Waals surface area (Å²) in [6.45, 7) is 1.97. The molecule has 0 bridgehead atoms. The van der Waals surface area contributed by atoms with Crippen molar-refractivity contribution in [3.63, 3.8) is 0 Å². The molecule has 7 heteroatoms. The molecule has 0 fully saturated rings. The molecule has 18 heavy (non-hydrogen) atoms. The number of nitrogen functional groups attached to an aromatic ring is 1. The van der Waals surface area contributed by atoms with Gasteiger partial charge in [0.25, 0.3) is 5.89 Å². The number of benzene rings is 1. The number of aromatic amines is 1. The van der Waals surface area contributed by atoms with Gasteiger partial charge in [-0.25, -0.2) is 4.98 Å². The van der Waals surface area contributed by atoms with E-state index >= 15 is 0 Å². The van der Waals surface area contributed by atoms with E-state index in [4.69, 9.17) is 10.3 Å². The minimum Gasteiger partial charge on any atom is -0.398 e. The van der Waals surface area contributed by atoms with Crippen LogP contribution in [0, 0.1) is 6.92 Å². The molecule has 0 saturated heterocycles. The van der Waals surface area contributed by atoms with Gasteiger partial charge in [-0.15, -0.1) is 0 Å². The van der Waals surface area contributed by atoms with Crippen molar-refractivity contribution in [2.45, 2.75) is 6.92 Å². The normalized spacial score (nSPS) is 10.7. The van der Waals surface area contributed by atoms with Gasteiger partial charge >= 0.3 is 0 Å². The van der Waals surface area contributed by atoms with E-state index in [1.165, 1.54) is 6.33 Å². The van der Waals surface area contributed by atoms with Gasteiger partial charge in [-0.1, -0.05) is 16.8 Å². The van der Waals surface area contributed by atoms with Crippen LogP contribution in [0.2, 0.25) is 0 Å². The number of H-pyrrole nitrogens is 1. The molecule has 0 aliphatic carbocycles. The van der Waals surface area contributed by atoms with Crippen molar-refractivity contribution >= 4 is 5.69 Å². The van der Waals surface area contributed by atoms with Crippen LogP contribution < -0.4 is 5.73 Å². The number of anilines is 1. The first-order chi connectivity index (χ1) is 8.74. The molecule has 90 valence electrons. The maximum Gasteiger partial charge on any atom is 0.260 e. The second-order valence-electron chi connectivity index (χ2n) is 3.85. The van der Waals surface area contributed by atoms with Crippen LogP contribution in [0.5, 0.6) is 0 Å². The van der Waals surface area contributed by atoms with Crippen LogP contribution in [-0.2, 0) is 0 Å². The molecule has 3 rings (SSSR count). The summed E-state index contributed by atoms with van der Waals surface area (Å²) in [5.41, 5.74) is 8.26. The highest BCUT2D eigenvalue weighted by molar-refractivity contribution is 5.71. The summed E-state index contributed by atoms with van der Waals surface area (Å²) in [4.78, 5) is 8.18. The highest BCUT2D eigenvalue weighted by atomic mass is 16.5. The summed E-state index contributed by atoms with van der Waals surface area (Å²) < 4.78 is 5.18. The second kappa shape index (κ2) is 3.95. The zero-order valence-corrected chi connectivity index (χ0v) is 9.58. The number of nitrogens with two attached hydrogens (primary N) is 1. The topological polar surface area (TPSA) is 107 Å². The average molecular weight is 242 g/mol. The third-order valence-electron chi connectivity index (χ3n) is 2.49. The maximum atomic E-state index is 5.89. The average Bonchev–Trinajstić information content (AvgIpc) is 3.00. The lowest BCUT2D eigenvalue weighted by Crippen LogP contribution is -1.91. The standard InChI is InChI=1S/C11H10N6O/c1-6-2-3-8(12)7(4-6)11-15-10(17-18-11)9-13-5-14-16-9/h2-5H,12H2,1H3,(H,13,14,16). The Bertz CT molecular complexity index is 673. The maximum absolute atomic E-state index is 5.89. The van der Waals surface area contributed by atoms with Crippen LogP contribution >= 0.6 is 0 Å². The van der Waals surface area contributed by atoms with Gasteiger partial charge in [-0.2, -0.15) is 10.1 Å². The third-order valence-corrected chi connectivity index (χ3v) is 2.49. The van der Waals surface area contributed by atoms with Crippen molar-refractivity contribution in [3.8, 4) is 23.1 Å². The number of nitrogens with zero attached hydrogens (tertiary/aromatic N) is 4.